The number of hydrogen-bond donors (Lipinski definition) is 1. The van der Waals surface area contributed by atoms with E-state index in [0.29, 0.717) is 22.3 Å². The van der Waals surface area contributed by atoms with Gasteiger partial charge < -0.3 is 14.4 Å². The van der Waals surface area contributed by atoms with E-state index < -0.39 is 0 Å². The van der Waals surface area contributed by atoms with Gasteiger partial charge in [-0.25, -0.2) is 5.43 Å². The first-order valence-electron chi connectivity index (χ1n) is 12.4. The lowest BCUT2D eigenvalue weighted by atomic mass is 9.90. The van der Waals surface area contributed by atoms with E-state index in [1.165, 1.54) is 16.9 Å². The van der Waals surface area contributed by atoms with Crippen LogP contribution in [-0.2, 0) is 17.6 Å². The van der Waals surface area contributed by atoms with Crippen molar-refractivity contribution in [3.63, 3.8) is 0 Å². The second-order valence-corrected chi connectivity index (χ2v) is 10.9. The summed E-state index contributed by atoms with van der Waals surface area (Å²) < 4.78 is 11.3. The Kier molecular flexibility index (Phi) is 8.11. The van der Waals surface area contributed by atoms with Crippen LogP contribution >= 0.6 is 11.3 Å². The van der Waals surface area contributed by atoms with E-state index >= 15 is 0 Å². The Hall–Kier alpha value is -2.87. The van der Waals surface area contributed by atoms with Crippen LogP contribution in [-0.4, -0.2) is 48.7 Å². The summed E-state index contributed by atoms with van der Waals surface area (Å²) >= 11 is 1.56. The van der Waals surface area contributed by atoms with Gasteiger partial charge in [-0.1, -0.05) is 6.92 Å². The number of aryl methyl sites for hydroxylation is 1. The highest BCUT2D eigenvalue weighted by atomic mass is 32.1. The Balaban J connectivity index is 1.34. The number of benzene rings is 1. The van der Waals surface area contributed by atoms with Crippen LogP contribution in [0.3, 0.4) is 0 Å². The highest BCUT2D eigenvalue weighted by Crippen LogP contribution is 2.32. The average molecular weight is 498 g/mol. The number of thiophene rings is 1. The maximum Gasteiger partial charge on any atom is 0.281 e. The van der Waals surface area contributed by atoms with Crippen LogP contribution in [0.2, 0.25) is 0 Å². The zero-order chi connectivity index (χ0) is 24.9. The van der Waals surface area contributed by atoms with E-state index in [9.17, 15) is 9.59 Å². The fourth-order valence-corrected chi connectivity index (χ4v) is 6.15. The highest BCUT2D eigenvalue weighted by Gasteiger charge is 2.29. The summed E-state index contributed by atoms with van der Waals surface area (Å²) in [5, 5.41) is 4.12. The SMILES string of the molecule is COc1cc(C=NNC(=O)c2cc3c(s2)CCC(C)C3)ccc1OCC(=O)N1C(C)CCCC1C. The number of hydrazone groups is 1. The van der Waals surface area contributed by atoms with Crippen molar-refractivity contribution in [1.82, 2.24) is 10.3 Å². The van der Waals surface area contributed by atoms with E-state index in [4.69, 9.17) is 9.47 Å². The minimum atomic E-state index is -0.195. The number of nitrogens with one attached hydrogen (secondary N) is 1. The number of likely N-dealkylation sites (tertiary alicyclic amines) is 1. The van der Waals surface area contributed by atoms with Crippen molar-refractivity contribution >= 4 is 29.4 Å². The van der Waals surface area contributed by atoms with Gasteiger partial charge in [-0.3, -0.25) is 9.59 Å². The van der Waals surface area contributed by atoms with Crippen LogP contribution in [0.25, 0.3) is 0 Å². The molecule has 8 heteroatoms. The van der Waals surface area contributed by atoms with Gasteiger partial charge in [0.25, 0.3) is 11.8 Å². The molecule has 0 radical (unpaired) electrons. The summed E-state index contributed by atoms with van der Waals surface area (Å²) in [6.45, 7) is 6.41. The van der Waals surface area contributed by atoms with E-state index in [-0.39, 0.29) is 30.5 Å². The van der Waals surface area contributed by atoms with E-state index in [0.717, 1.165) is 37.7 Å². The molecular formula is C27H35N3O4S. The Morgan fingerprint density at radius 1 is 1.14 bits per heavy atom. The van der Waals surface area contributed by atoms with Gasteiger partial charge in [-0.2, -0.15) is 5.10 Å². The van der Waals surface area contributed by atoms with Crippen LogP contribution in [0.4, 0.5) is 0 Å². The quantitative estimate of drug-likeness (QED) is 0.440. The second-order valence-electron chi connectivity index (χ2n) is 9.74. The van der Waals surface area contributed by atoms with E-state index in [2.05, 4.69) is 31.3 Å². The fraction of sp³-hybridized carbons (Fsp3) is 0.519. The number of carbonyl (C=O) groups is 2. The highest BCUT2D eigenvalue weighted by molar-refractivity contribution is 7.14. The normalized spacial score (nSPS) is 22.1. The van der Waals surface area contributed by atoms with Gasteiger partial charge in [0.05, 0.1) is 18.2 Å². The summed E-state index contributed by atoms with van der Waals surface area (Å²) in [5.41, 5.74) is 4.67. The minimum absolute atomic E-state index is 0.00943. The number of carbonyl (C=O) groups excluding carboxylic acids is 2. The maximum atomic E-state index is 12.8. The molecule has 3 unspecified atom stereocenters. The standard InChI is InChI=1S/C27H35N3O4S/c1-17-8-11-24-21(12-17)14-25(35-24)27(32)29-28-15-20-9-10-22(23(13-20)33-4)34-16-26(31)30-18(2)6-5-7-19(30)3/h9-10,13-15,17-19H,5-8,11-12,16H2,1-4H3,(H,29,32). The topological polar surface area (TPSA) is 80.2 Å². The van der Waals surface area contributed by atoms with Crippen molar-refractivity contribution < 1.29 is 19.1 Å². The smallest absolute Gasteiger partial charge is 0.281 e. The summed E-state index contributed by atoms with van der Waals surface area (Å²) in [6.07, 6.45) is 8.04. The molecule has 0 bridgehead atoms. The molecule has 1 aliphatic carbocycles. The third kappa shape index (κ3) is 6.04. The number of methoxy groups -OCH3 is 1. The van der Waals surface area contributed by atoms with Crippen LogP contribution in [0.1, 0.15) is 72.1 Å². The number of hydrogen-bond acceptors (Lipinski definition) is 6. The van der Waals surface area contributed by atoms with Crippen molar-refractivity contribution in [3.05, 3.63) is 45.1 Å². The predicted octanol–water partition coefficient (Wildman–Crippen LogP) is 4.81. The van der Waals surface area contributed by atoms with Gasteiger partial charge in [0.1, 0.15) is 0 Å². The molecule has 1 fully saturated rings. The van der Waals surface area contributed by atoms with Crippen molar-refractivity contribution in [2.75, 3.05) is 13.7 Å². The number of amides is 2. The van der Waals surface area contributed by atoms with Crippen LogP contribution < -0.4 is 14.9 Å². The van der Waals surface area contributed by atoms with Crippen LogP contribution in [0.5, 0.6) is 11.5 Å². The molecule has 1 aromatic carbocycles. The number of rotatable bonds is 7. The number of fused-ring (bicyclic) bond motifs is 1. The minimum Gasteiger partial charge on any atom is -0.493 e. The molecule has 1 saturated heterocycles. The van der Waals surface area contributed by atoms with Crippen LogP contribution in [0.15, 0.2) is 29.4 Å². The largest absolute Gasteiger partial charge is 0.493 e. The first kappa shape index (κ1) is 25.2. The molecule has 2 heterocycles. The van der Waals surface area contributed by atoms with E-state index in [1.54, 1.807) is 36.8 Å². The van der Waals surface area contributed by atoms with Crippen molar-refractivity contribution in [2.45, 2.75) is 71.4 Å². The molecule has 3 atom stereocenters. The maximum absolute atomic E-state index is 12.8. The van der Waals surface area contributed by atoms with Gasteiger partial charge in [0.2, 0.25) is 0 Å². The lowest BCUT2D eigenvalue weighted by Crippen LogP contribution is -2.49. The molecule has 2 amide bonds. The number of nitrogens with zero attached hydrogens (tertiary/aromatic N) is 2. The third-order valence-corrected chi connectivity index (χ3v) is 8.19. The molecule has 0 saturated carbocycles. The summed E-state index contributed by atoms with van der Waals surface area (Å²) in [5.74, 6) is 1.47. The molecule has 188 valence electrons. The summed E-state index contributed by atoms with van der Waals surface area (Å²) in [7, 11) is 1.56. The van der Waals surface area contributed by atoms with Crippen molar-refractivity contribution in [2.24, 2.45) is 11.0 Å². The molecule has 35 heavy (non-hydrogen) atoms. The molecule has 4 rings (SSSR count). The zero-order valence-corrected chi connectivity index (χ0v) is 21.8. The third-order valence-electron chi connectivity index (χ3n) is 6.95. The van der Waals surface area contributed by atoms with Gasteiger partial charge in [-0.15, -0.1) is 11.3 Å². The fourth-order valence-electron chi connectivity index (χ4n) is 5.05. The Bertz CT molecular complexity index is 1090. The number of ether oxygens (including phenoxy) is 2. The summed E-state index contributed by atoms with van der Waals surface area (Å²) in [6, 6.07) is 7.81. The molecule has 1 N–H and O–H groups in total. The zero-order valence-electron chi connectivity index (χ0n) is 21.0. The van der Waals surface area contributed by atoms with Crippen LogP contribution in [0, 0.1) is 5.92 Å². The molecular weight excluding hydrogens is 462 g/mol. The lowest BCUT2D eigenvalue weighted by molar-refractivity contribution is -0.139. The predicted molar refractivity (Wildman–Crippen MR) is 139 cm³/mol. The first-order valence-corrected chi connectivity index (χ1v) is 13.2. The number of piperidine rings is 1. The average Bonchev–Trinajstić information content (AvgIpc) is 3.26. The molecule has 1 aliphatic heterocycles. The van der Waals surface area contributed by atoms with Crippen molar-refractivity contribution in [3.8, 4) is 11.5 Å². The molecule has 7 nitrogen and oxygen atoms in total. The molecule has 2 aliphatic rings. The lowest BCUT2D eigenvalue weighted by Gasteiger charge is -2.39. The van der Waals surface area contributed by atoms with Gasteiger partial charge >= 0.3 is 0 Å². The van der Waals surface area contributed by atoms with Gasteiger partial charge in [0, 0.05) is 17.0 Å². The first-order chi connectivity index (χ1) is 16.9. The van der Waals surface area contributed by atoms with Crippen molar-refractivity contribution in [1.29, 1.82) is 0 Å². The summed E-state index contributed by atoms with van der Waals surface area (Å²) in [4.78, 5) is 29.3. The Morgan fingerprint density at radius 3 is 2.66 bits per heavy atom. The molecule has 1 aromatic heterocycles. The monoisotopic (exact) mass is 497 g/mol. The Morgan fingerprint density at radius 2 is 1.91 bits per heavy atom. The second kappa shape index (κ2) is 11.2. The molecule has 2 aromatic rings. The van der Waals surface area contributed by atoms with Gasteiger partial charge in [-0.05, 0) is 93.7 Å². The van der Waals surface area contributed by atoms with Gasteiger partial charge in [0.15, 0.2) is 18.1 Å². The van der Waals surface area contributed by atoms with E-state index in [1.807, 2.05) is 17.0 Å². The Labute approximate surface area is 211 Å². The molecule has 0 spiro atoms.